The van der Waals surface area contributed by atoms with Crippen LogP contribution in [0.15, 0.2) is 91.3 Å². The van der Waals surface area contributed by atoms with Crippen LogP contribution in [-0.4, -0.2) is 10.6 Å². The average Bonchev–Trinajstić information content (AvgIpc) is 3.17. The molecule has 0 radical (unpaired) electrons. The Labute approximate surface area is 145 Å². The van der Waals surface area contributed by atoms with Gasteiger partial charge in [0, 0.05) is 29.2 Å². The summed E-state index contributed by atoms with van der Waals surface area (Å²) in [6.07, 6.45) is 3.96. The standard InChI is InChI=1S/C21H17N3O/c25-21(23-20-9-5-7-16-6-1-2-8-19(16)20)22-17-10-12-18(13-11-17)24-14-3-4-15-24/h1-15H,(H2,22,23,25). The quantitative estimate of drug-likeness (QED) is 0.529. The van der Waals surface area contributed by atoms with Crippen molar-refractivity contribution in [3.05, 3.63) is 91.3 Å². The molecule has 0 saturated heterocycles. The molecule has 25 heavy (non-hydrogen) atoms. The minimum absolute atomic E-state index is 0.259. The molecule has 1 heterocycles. The molecule has 0 aliphatic rings. The molecule has 4 rings (SSSR count). The van der Waals surface area contributed by atoms with Crippen molar-refractivity contribution in [1.29, 1.82) is 0 Å². The first-order valence-electron chi connectivity index (χ1n) is 8.09. The summed E-state index contributed by atoms with van der Waals surface area (Å²) in [5.41, 5.74) is 2.58. The fraction of sp³-hybridized carbons (Fsp3) is 0. The van der Waals surface area contributed by atoms with E-state index >= 15 is 0 Å². The van der Waals surface area contributed by atoms with E-state index in [1.807, 2.05) is 95.8 Å². The number of rotatable bonds is 3. The molecule has 4 heteroatoms. The Morgan fingerprint density at radius 3 is 2.24 bits per heavy atom. The van der Waals surface area contributed by atoms with Gasteiger partial charge in [-0.15, -0.1) is 0 Å². The summed E-state index contributed by atoms with van der Waals surface area (Å²) in [5.74, 6) is 0. The first-order chi connectivity index (χ1) is 12.3. The molecule has 0 atom stereocenters. The predicted molar refractivity (Wildman–Crippen MR) is 102 cm³/mol. The number of urea groups is 1. The average molecular weight is 327 g/mol. The maximum atomic E-state index is 12.3. The number of nitrogens with zero attached hydrogens (tertiary/aromatic N) is 1. The van der Waals surface area contributed by atoms with Crippen LogP contribution in [0.4, 0.5) is 16.2 Å². The van der Waals surface area contributed by atoms with Crippen LogP contribution < -0.4 is 10.6 Å². The summed E-state index contributed by atoms with van der Waals surface area (Å²) in [6, 6.07) is 25.2. The van der Waals surface area contributed by atoms with E-state index in [9.17, 15) is 4.79 Å². The van der Waals surface area contributed by atoms with E-state index in [4.69, 9.17) is 0 Å². The van der Waals surface area contributed by atoms with Crippen LogP contribution in [0.2, 0.25) is 0 Å². The summed E-state index contributed by atoms with van der Waals surface area (Å²) in [5, 5.41) is 7.90. The molecule has 0 unspecified atom stereocenters. The highest BCUT2D eigenvalue weighted by Gasteiger charge is 2.06. The Bertz CT molecular complexity index is 1000. The molecule has 4 aromatic rings. The molecule has 4 nitrogen and oxygen atoms in total. The van der Waals surface area contributed by atoms with E-state index in [1.165, 1.54) is 0 Å². The number of hydrogen-bond donors (Lipinski definition) is 2. The third kappa shape index (κ3) is 3.23. The number of benzene rings is 3. The Hall–Kier alpha value is -3.53. The molecule has 1 aromatic heterocycles. The molecular weight excluding hydrogens is 310 g/mol. The lowest BCUT2D eigenvalue weighted by Gasteiger charge is -2.11. The lowest BCUT2D eigenvalue weighted by molar-refractivity contribution is 0.262. The molecule has 0 fully saturated rings. The second-order valence-corrected chi connectivity index (χ2v) is 5.74. The Kier molecular flexibility index (Phi) is 3.92. The highest BCUT2D eigenvalue weighted by atomic mass is 16.2. The number of carbonyl (C=O) groups is 1. The zero-order valence-corrected chi connectivity index (χ0v) is 13.5. The van der Waals surface area contributed by atoms with Crippen LogP contribution in [0.25, 0.3) is 16.5 Å². The molecule has 122 valence electrons. The normalized spacial score (nSPS) is 10.6. The summed E-state index contributed by atoms with van der Waals surface area (Å²) >= 11 is 0. The minimum atomic E-state index is -0.259. The number of anilines is 2. The van der Waals surface area contributed by atoms with Gasteiger partial charge in [-0.05, 0) is 47.9 Å². The number of fused-ring (bicyclic) bond motifs is 1. The van der Waals surface area contributed by atoms with Gasteiger partial charge in [0.25, 0.3) is 0 Å². The first-order valence-corrected chi connectivity index (χ1v) is 8.09. The van der Waals surface area contributed by atoms with Crippen molar-refractivity contribution in [2.45, 2.75) is 0 Å². The smallest absolute Gasteiger partial charge is 0.323 e. The van der Waals surface area contributed by atoms with E-state index < -0.39 is 0 Å². The monoisotopic (exact) mass is 327 g/mol. The summed E-state index contributed by atoms with van der Waals surface area (Å²) < 4.78 is 2.01. The van der Waals surface area contributed by atoms with E-state index in [2.05, 4.69) is 10.6 Å². The number of hydrogen-bond acceptors (Lipinski definition) is 1. The van der Waals surface area contributed by atoms with E-state index in [0.29, 0.717) is 0 Å². The number of carbonyl (C=O) groups excluding carboxylic acids is 1. The maximum absolute atomic E-state index is 12.3. The SMILES string of the molecule is O=C(Nc1ccc(-n2cccc2)cc1)Nc1cccc2ccccc12. The van der Waals surface area contributed by atoms with Gasteiger partial charge in [-0.3, -0.25) is 0 Å². The molecule has 0 aliphatic carbocycles. The van der Waals surface area contributed by atoms with Gasteiger partial charge >= 0.3 is 6.03 Å². The molecule has 3 aromatic carbocycles. The Morgan fingerprint density at radius 2 is 1.44 bits per heavy atom. The summed E-state index contributed by atoms with van der Waals surface area (Å²) in [4.78, 5) is 12.3. The third-order valence-electron chi connectivity index (χ3n) is 4.07. The van der Waals surface area contributed by atoms with Gasteiger partial charge in [0.2, 0.25) is 0 Å². The minimum Gasteiger partial charge on any atom is -0.324 e. The molecular formula is C21H17N3O. The second kappa shape index (κ2) is 6.53. The van der Waals surface area contributed by atoms with Crippen LogP contribution in [0.5, 0.6) is 0 Å². The van der Waals surface area contributed by atoms with Gasteiger partial charge in [-0.25, -0.2) is 4.79 Å². The Balaban J connectivity index is 1.48. The molecule has 0 bridgehead atoms. The predicted octanol–water partition coefficient (Wildman–Crippen LogP) is 5.27. The van der Waals surface area contributed by atoms with Crippen LogP contribution in [0.1, 0.15) is 0 Å². The topological polar surface area (TPSA) is 46.1 Å². The van der Waals surface area contributed by atoms with Gasteiger partial charge in [0.15, 0.2) is 0 Å². The third-order valence-corrected chi connectivity index (χ3v) is 4.07. The molecule has 2 N–H and O–H groups in total. The number of nitrogens with one attached hydrogen (secondary N) is 2. The zero-order chi connectivity index (χ0) is 17.1. The van der Waals surface area contributed by atoms with Crippen molar-refractivity contribution in [2.24, 2.45) is 0 Å². The van der Waals surface area contributed by atoms with Gasteiger partial charge in [-0.2, -0.15) is 0 Å². The maximum Gasteiger partial charge on any atom is 0.323 e. The van der Waals surface area contributed by atoms with Gasteiger partial charge < -0.3 is 15.2 Å². The van der Waals surface area contributed by atoms with E-state index in [-0.39, 0.29) is 6.03 Å². The lowest BCUT2D eigenvalue weighted by Crippen LogP contribution is -2.19. The van der Waals surface area contributed by atoms with Crippen molar-refractivity contribution < 1.29 is 4.79 Å². The summed E-state index contributed by atoms with van der Waals surface area (Å²) in [6.45, 7) is 0. The Morgan fingerprint density at radius 1 is 0.720 bits per heavy atom. The van der Waals surface area contributed by atoms with Crippen LogP contribution in [0, 0.1) is 0 Å². The fourth-order valence-corrected chi connectivity index (χ4v) is 2.84. The van der Waals surface area contributed by atoms with Gasteiger partial charge in [0.1, 0.15) is 0 Å². The highest BCUT2D eigenvalue weighted by Crippen LogP contribution is 2.23. The van der Waals surface area contributed by atoms with Crippen LogP contribution >= 0.6 is 0 Å². The highest BCUT2D eigenvalue weighted by molar-refractivity contribution is 6.06. The van der Waals surface area contributed by atoms with Gasteiger partial charge in [-0.1, -0.05) is 36.4 Å². The van der Waals surface area contributed by atoms with Crippen LogP contribution in [0.3, 0.4) is 0 Å². The van der Waals surface area contributed by atoms with Crippen molar-refractivity contribution in [3.8, 4) is 5.69 Å². The van der Waals surface area contributed by atoms with Crippen molar-refractivity contribution in [1.82, 2.24) is 4.57 Å². The lowest BCUT2D eigenvalue weighted by atomic mass is 10.1. The summed E-state index contributed by atoms with van der Waals surface area (Å²) in [7, 11) is 0. The van der Waals surface area contributed by atoms with E-state index in [0.717, 1.165) is 27.8 Å². The van der Waals surface area contributed by atoms with E-state index in [1.54, 1.807) is 0 Å². The largest absolute Gasteiger partial charge is 0.324 e. The van der Waals surface area contributed by atoms with Crippen molar-refractivity contribution in [2.75, 3.05) is 10.6 Å². The van der Waals surface area contributed by atoms with Gasteiger partial charge in [0.05, 0.1) is 5.69 Å². The molecule has 0 aliphatic heterocycles. The van der Waals surface area contributed by atoms with Crippen molar-refractivity contribution >= 4 is 28.2 Å². The van der Waals surface area contributed by atoms with Crippen molar-refractivity contribution in [3.63, 3.8) is 0 Å². The first kappa shape index (κ1) is 15.0. The second-order valence-electron chi connectivity index (χ2n) is 5.74. The molecule has 0 spiro atoms. The number of amides is 2. The zero-order valence-electron chi connectivity index (χ0n) is 13.5. The number of aromatic nitrogens is 1. The van der Waals surface area contributed by atoms with Crippen LogP contribution in [-0.2, 0) is 0 Å². The molecule has 2 amide bonds. The fourth-order valence-electron chi connectivity index (χ4n) is 2.84. The molecule has 0 saturated carbocycles.